The fourth-order valence-electron chi connectivity index (χ4n) is 1.86. The van der Waals surface area contributed by atoms with Crippen LogP contribution in [0.1, 0.15) is 44.7 Å². The van der Waals surface area contributed by atoms with Crippen LogP contribution in [0.15, 0.2) is 12.4 Å². The molecule has 1 aromatic heterocycles. The van der Waals surface area contributed by atoms with Crippen LogP contribution in [-0.4, -0.2) is 32.9 Å². The van der Waals surface area contributed by atoms with Crippen LogP contribution in [0.2, 0.25) is 0 Å². The number of nitrogens with zero attached hydrogens (tertiary/aromatic N) is 2. The van der Waals surface area contributed by atoms with E-state index in [1.165, 1.54) is 10.9 Å². The molecule has 1 aromatic rings. The van der Waals surface area contributed by atoms with Gasteiger partial charge in [-0.2, -0.15) is 5.10 Å². The maximum atomic E-state index is 11.8. The van der Waals surface area contributed by atoms with E-state index >= 15 is 0 Å². The molecular weight excluding hydrogens is 260 g/mol. The van der Waals surface area contributed by atoms with Gasteiger partial charge in [0.1, 0.15) is 0 Å². The summed E-state index contributed by atoms with van der Waals surface area (Å²) in [6.07, 6.45) is 5.95. The first-order valence-electron chi connectivity index (χ1n) is 6.72. The molecule has 112 valence electrons. The highest BCUT2D eigenvalue weighted by atomic mass is 16.4. The van der Waals surface area contributed by atoms with E-state index in [9.17, 15) is 14.7 Å². The van der Waals surface area contributed by atoms with Gasteiger partial charge in [0, 0.05) is 24.8 Å². The number of hydrogen-bond donors (Lipinski definition) is 3. The molecule has 0 radical (unpaired) electrons. The summed E-state index contributed by atoms with van der Waals surface area (Å²) >= 11 is 0. The molecule has 2 atom stereocenters. The summed E-state index contributed by atoms with van der Waals surface area (Å²) in [4.78, 5) is 23.0. The van der Waals surface area contributed by atoms with Gasteiger partial charge in [-0.05, 0) is 13.3 Å². The Labute approximate surface area is 118 Å². The third-order valence-electron chi connectivity index (χ3n) is 2.95. The van der Waals surface area contributed by atoms with Crippen molar-refractivity contribution < 1.29 is 14.7 Å². The molecule has 7 nitrogen and oxygen atoms in total. The number of nitrogens with one attached hydrogen (secondary N) is 2. The normalized spacial score (nSPS) is 13.6. The average molecular weight is 282 g/mol. The lowest BCUT2D eigenvalue weighted by atomic mass is 10.1. The molecule has 0 bridgehead atoms. The lowest BCUT2D eigenvalue weighted by molar-refractivity contribution is -0.139. The first kappa shape index (κ1) is 16.0. The van der Waals surface area contributed by atoms with Gasteiger partial charge in [-0.25, -0.2) is 9.59 Å². The van der Waals surface area contributed by atoms with Crippen LogP contribution in [0.25, 0.3) is 0 Å². The molecule has 0 aromatic carbocycles. The zero-order valence-electron chi connectivity index (χ0n) is 12.1. The molecule has 0 fully saturated rings. The molecule has 0 saturated carbocycles. The number of rotatable bonds is 7. The molecule has 2 unspecified atom stereocenters. The van der Waals surface area contributed by atoms with Crippen molar-refractivity contribution in [3.63, 3.8) is 0 Å². The van der Waals surface area contributed by atoms with Crippen LogP contribution in [-0.2, 0) is 11.8 Å². The van der Waals surface area contributed by atoms with E-state index < -0.39 is 18.0 Å². The van der Waals surface area contributed by atoms with E-state index in [1.54, 1.807) is 13.2 Å². The van der Waals surface area contributed by atoms with Gasteiger partial charge >= 0.3 is 12.0 Å². The fourth-order valence-corrected chi connectivity index (χ4v) is 1.86. The Hall–Kier alpha value is -2.05. The number of carbonyl (C=O) groups excluding carboxylic acids is 1. The second-order valence-electron chi connectivity index (χ2n) is 4.88. The maximum absolute atomic E-state index is 11.8. The second kappa shape index (κ2) is 7.52. The van der Waals surface area contributed by atoms with E-state index in [4.69, 9.17) is 0 Å². The number of carboxylic acid groups (broad SMARTS) is 1. The summed E-state index contributed by atoms with van der Waals surface area (Å²) < 4.78 is 1.49. The highest BCUT2D eigenvalue weighted by Gasteiger charge is 2.23. The maximum Gasteiger partial charge on any atom is 0.331 e. The van der Waals surface area contributed by atoms with Crippen molar-refractivity contribution in [1.29, 1.82) is 0 Å². The number of aromatic nitrogens is 2. The van der Waals surface area contributed by atoms with Crippen molar-refractivity contribution in [3.05, 3.63) is 18.0 Å². The van der Waals surface area contributed by atoms with Crippen LogP contribution < -0.4 is 10.6 Å². The number of urea groups is 1. The van der Waals surface area contributed by atoms with E-state index in [2.05, 4.69) is 22.7 Å². The van der Waals surface area contributed by atoms with Crippen LogP contribution in [0.3, 0.4) is 0 Å². The Kier molecular flexibility index (Phi) is 6.02. The number of hydrogen-bond acceptors (Lipinski definition) is 3. The second-order valence-corrected chi connectivity index (χ2v) is 4.88. The molecule has 20 heavy (non-hydrogen) atoms. The molecule has 7 heteroatoms. The minimum absolute atomic E-state index is 0.0123. The first-order valence-corrected chi connectivity index (χ1v) is 6.72. The number of unbranched alkanes of at least 4 members (excludes halogenated alkanes) is 1. The Bertz CT molecular complexity index is 458. The molecule has 0 spiro atoms. The quantitative estimate of drug-likeness (QED) is 0.704. The predicted octanol–water partition coefficient (Wildman–Crippen LogP) is 1.42. The first-order chi connectivity index (χ1) is 9.43. The monoisotopic (exact) mass is 282 g/mol. The zero-order chi connectivity index (χ0) is 15.1. The minimum atomic E-state index is -1.12. The van der Waals surface area contributed by atoms with Crippen LogP contribution in [0.4, 0.5) is 4.79 Å². The van der Waals surface area contributed by atoms with E-state index in [-0.39, 0.29) is 6.04 Å². The lowest BCUT2D eigenvalue weighted by Gasteiger charge is -2.17. The Morgan fingerprint density at radius 3 is 2.65 bits per heavy atom. The number of carboxylic acids is 1. The van der Waals surface area contributed by atoms with Gasteiger partial charge in [0.25, 0.3) is 0 Å². The zero-order valence-corrected chi connectivity index (χ0v) is 12.1. The summed E-state index contributed by atoms with van der Waals surface area (Å²) in [6, 6.07) is -1.56. The van der Waals surface area contributed by atoms with Crippen molar-refractivity contribution in [3.8, 4) is 0 Å². The average Bonchev–Trinajstić information content (AvgIpc) is 2.79. The summed E-state index contributed by atoms with van der Waals surface area (Å²) in [6.45, 7) is 3.98. The van der Waals surface area contributed by atoms with E-state index in [0.29, 0.717) is 5.56 Å². The summed E-state index contributed by atoms with van der Waals surface area (Å²) in [5.74, 6) is -1.12. The molecule has 0 saturated heterocycles. The van der Waals surface area contributed by atoms with E-state index in [1.807, 2.05) is 6.92 Å². The highest BCUT2D eigenvalue weighted by Crippen LogP contribution is 2.11. The smallest absolute Gasteiger partial charge is 0.331 e. The number of aryl methyl sites for hydroxylation is 1. The van der Waals surface area contributed by atoms with Crippen molar-refractivity contribution in [1.82, 2.24) is 20.4 Å². The molecule has 0 aliphatic heterocycles. The van der Waals surface area contributed by atoms with Gasteiger partial charge in [-0.15, -0.1) is 0 Å². The van der Waals surface area contributed by atoms with Crippen LogP contribution >= 0.6 is 0 Å². The lowest BCUT2D eigenvalue weighted by Crippen LogP contribution is -2.44. The summed E-state index contributed by atoms with van der Waals surface area (Å²) in [5.41, 5.74) is 0.441. The van der Waals surface area contributed by atoms with Gasteiger partial charge in [0.15, 0.2) is 6.04 Å². The molecule has 0 aliphatic carbocycles. The van der Waals surface area contributed by atoms with Gasteiger partial charge in [-0.3, -0.25) is 4.68 Å². The summed E-state index contributed by atoms with van der Waals surface area (Å²) in [5, 5.41) is 18.3. The Balaban J connectivity index is 2.58. The van der Waals surface area contributed by atoms with Crippen molar-refractivity contribution in [2.75, 3.05) is 0 Å². The van der Waals surface area contributed by atoms with Crippen molar-refractivity contribution in [2.24, 2.45) is 7.05 Å². The van der Waals surface area contributed by atoms with Gasteiger partial charge in [0.2, 0.25) is 0 Å². The number of carbonyl (C=O) groups is 2. The molecular formula is C13H22N4O3. The SMILES string of the molecule is CCCCC(C)NC(=O)NC(C(=O)O)c1cnn(C)c1. The Morgan fingerprint density at radius 2 is 2.15 bits per heavy atom. The van der Waals surface area contributed by atoms with Crippen molar-refractivity contribution >= 4 is 12.0 Å². The number of amides is 2. The van der Waals surface area contributed by atoms with Gasteiger partial charge in [0.05, 0.1) is 6.20 Å². The third-order valence-corrected chi connectivity index (χ3v) is 2.95. The predicted molar refractivity (Wildman–Crippen MR) is 74.2 cm³/mol. The van der Waals surface area contributed by atoms with Crippen molar-refractivity contribution in [2.45, 2.75) is 45.2 Å². The molecule has 3 N–H and O–H groups in total. The van der Waals surface area contributed by atoms with Gasteiger partial charge < -0.3 is 15.7 Å². The highest BCUT2D eigenvalue weighted by molar-refractivity contribution is 5.83. The van der Waals surface area contributed by atoms with Crippen LogP contribution in [0, 0.1) is 0 Å². The standard InChI is InChI=1S/C13H22N4O3/c1-4-5-6-9(2)15-13(20)16-11(12(18)19)10-7-14-17(3)8-10/h7-9,11H,4-6H2,1-3H3,(H,18,19)(H2,15,16,20). The topological polar surface area (TPSA) is 96.2 Å². The van der Waals surface area contributed by atoms with E-state index in [0.717, 1.165) is 19.3 Å². The van der Waals surface area contributed by atoms with Gasteiger partial charge in [-0.1, -0.05) is 19.8 Å². The Morgan fingerprint density at radius 1 is 1.45 bits per heavy atom. The molecule has 1 rings (SSSR count). The molecule has 0 aliphatic rings. The number of aliphatic carboxylic acids is 1. The molecule has 2 amide bonds. The fraction of sp³-hybridized carbons (Fsp3) is 0.615. The third kappa shape index (κ3) is 4.91. The van der Waals surface area contributed by atoms with Crippen LogP contribution in [0.5, 0.6) is 0 Å². The minimum Gasteiger partial charge on any atom is -0.479 e. The largest absolute Gasteiger partial charge is 0.479 e. The summed E-state index contributed by atoms with van der Waals surface area (Å²) in [7, 11) is 1.69. The molecule has 1 heterocycles.